The van der Waals surface area contributed by atoms with Crippen LogP contribution in [0.5, 0.6) is 0 Å². The normalized spacial score (nSPS) is 17.1. The number of nitrogens with zero attached hydrogens (tertiary/aromatic N) is 1. The highest BCUT2D eigenvalue weighted by atomic mass is 79.9. The van der Waals surface area contributed by atoms with Gasteiger partial charge in [-0.1, -0.05) is 34.1 Å². The number of hydrogen-bond acceptors (Lipinski definition) is 2. The average Bonchev–Trinajstić information content (AvgIpc) is 3.08. The van der Waals surface area contributed by atoms with Crippen LogP contribution in [0.25, 0.3) is 0 Å². The van der Waals surface area contributed by atoms with Gasteiger partial charge in [0.15, 0.2) is 0 Å². The van der Waals surface area contributed by atoms with Crippen LogP contribution in [-0.4, -0.2) is 38.6 Å². The van der Waals surface area contributed by atoms with Gasteiger partial charge in [0.1, 0.15) is 0 Å². The third-order valence-electron chi connectivity index (χ3n) is 3.83. The summed E-state index contributed by atoms with van der Waals surface area (Å²) < 4.78 is 1.23. The molecule has 0 aliphatic heterocycles. The molecular weight excluding hydrogens is 288 g/mol. The number of hydrogen-bond donors (Lipinski definition) is 1. The molecular formula is C15H23BrN2. The molecule has 100 valence electrons. The molecule has 0 heterocycles. The van der Waals surface area contributed by atoms with Gasteiger partial charge in [0, 0.05) is 24.1 Å². The average molecular weight is 311 g/mol. The van der Waals surface area contributed by atoms with E-state index in [-0.39, 0.29) is 0 Å². The summed E-state index contributed by atoms with van der Waals surface area (Å²) in [6.45, 7) is 3.51. The SMILES string of the molecule is CNCC1(CN(C)CCc2ccccc2Br)CC1. The van der Waals surface area contributed by atoms with E-state index in [0.717, 1.165) is 19.5 Å². The van der Waals surface area contributed by atoms with Crippen molar-refractivity contribution in [3.63, 3.8) is 0 Å². The van der Waals surface area contributed by atoms with Crippen molar-refractivity contribution in [3.05, 3.63) is 34.3 Å². The fraction of sp³-hybridized carbons (Fsp3) is 0.600. The van der Waals surface area contributed by atoms with Crippen molar-refractivity contribution in [2.24, 2.45) is 5.41 Å². The molecule has 0 spiro atoms. The van der Waals surface area contributed by atoms with Gasteiger partial charge in [-0.3, -0.25) is 0 Å². The first-order valence-corrected chi connectivity index (χ1v) is 7.51. The van der Waals surface area contributed by atoms with Crippen molar-refractivity contribution in [1.82, 2.24) is 10.2 Å². The molecule has 0 atom stereocenters. The Morgan fingerprint density at radius 2 is 2.06 bits per heavy atom. The van der Waals surface area contributed by atoms with Crippen LogP contribution in [0.15, 0.2) is 28.7 Å². The molecule has 1 aromatic carbocycles. The predicted molar refractivity (Wildman–Crippen MR) is 80.9 cm³/mol. The second-order valence-electron chi connectivity index (χ2n) is 5.61. The van der Waals surface area contributed by atoms with E-state index in [9.17, 15) is 0 Å². The zero-order valence-corrected chi connectivity index (χ0v) is 13.0. The zero-order chi connectivity index (χ0) is 13.0. The highest BCUT2D eigenvalue weighted by Gasteiger charge is 2.42. The summed E-state index contributed by atoms with van der Waals surface area (Å²) in [5, 5.41) is 3.32. The van der Waals surface area contributed by atoms with Gasteiger partial charge < -0.3 is 10.2 Å². The Kier molecular flexibility index (Phi) is 4.82. The quantitative estimate of drug-likeness (QED) is 0.833. The number of benzene rings is 1. The van der Waals surface area contributed by atoms with Gasteiger partial charge in [0.25, 0.3) is 0 Å². The van der Waals surface area contributed by atoms with Gasteiger partial charge in [-0.2, -0.15) is 0 Å². The Bertz CT molecular complexity index is 388. The summed E-state index contributed by atoms with van der Waals surface area (Å²) in [5.41, 5.74) is 1.97. The van der Waals surface area contributed by atoms with Crippen molar-refractivity contribution in [1.29, 1.82) is 0 Å². The zero-order valence-electron chi connectivity index (χ0n) is 11.4. The first kappa shape index (κ1) is 14.0. The molecule has 3 heteroatoms. The van der Waals surface area contributed by atoms with Crippen molar-refractivity contribution in [2.45, 2.75) is 19.3 Å². The summed E-state index contributed by atoms with van der Waals surface area (Å²) in [5.74, 6) is 0. The van der Waals surface area contributed by atoms with Crippen molar-refractivity contribution in [3.8, 4) is 0 Å². The molecule has 1 aliphatic carbocycles. The molecule has 0 saturated heterocycles. The van der Waals surface area contributed by atoms with Crippen LogP contribution in [-0.2, 0) is 6.42 Å². The Balaban J connectivity index is 1.78. The fourth-order valence-corrected chi connectivity index (χ4v) is 3.09. The van der Waals surface area contributed by atoms with Gasteiger partial charge in [-0.15, -0.1) is 0 Å². The van der Waals surface area contributed by atoms with E-state index in [2.05, 4.69) is 64.5 Å². The molecule has 0 unspecified atom stereocenters. The van der Waals surface area contributed by atoms with Crippen LogP contribution in [0.1, 0.15) is 18.4 Å². The second-order valence-corrected chi connectivity index (χ2v) is 6.46. The minimum Gasteiger partial charge on any atom is -0.319 e. The van der Waals surface area contributed by atoms with Gasteiger partial charge in [0.2, 0.25) is 0 Å². The molecule has 0 aromatic heterocycles. The molecule has 1 N–H and O–H groups in total. The van der Waals surface area contributed by atoms with Crippen LogP contribution in [0.4, 0.5) is 0 Å². The summed E-state index contributed by atoms with van der Waals surface area (Å²) >= 11 is 3.62. The van der Waals surface area contributed by atoms with Crippen LogP contribution >= 0.6 is 15.9 Å². The maximum absolute atomic E-state index is 3.62. The molecule has 1 aromatic rings. The van der Waals surface area contributed by atoms with Crippen molar-refractivity contribution >= 4 is 15.9 Å². The first-order valence-electron chi connectivity index (χ1n) is 6.72. The van der Waals surface area contributed by atoms with Crippen LogP contribution < -0.4 is 5.32 Å². The maximum atomic E-state index is 3.62. The standard InChI is InChI=1S/C15H23BrN2/c1-17-11-15(8-9-15)12-18(2)10-7-13-5-3-4-6-14(13)16/h3-6,17H,7-12H2,1-2H3. The molecule has 1 aliphatic rings. The minimum absolute atomic E-state index is 0.567. The van der Waals surface area contributed by atoms with E-state index < -0.39 is 0 Å². The molecule has 0 amide bonds. The van der Waals surface area contributed by atoms with Crippen LogP contribution in [0.2, 0.25) is 0 Å². The first-order chi connectivity index (χ1) is 8.65. The fourth-order valence-electron chi connectivity index (χ4n) is 2.61. The van der Waals surface area contributed by atoms with Crippen LogP contribution in [0, 0.1) is 5.41 Å². The maximum Gasteiger partial charge on any atom is 0.0207 e. The molecule has 0 bridgehead atoms. The summed E-state index contributed by atoms with van der Waals surface area (Å²) in [4.78, 5) is 2.48. The topological polar surface area (TPSA) is 15.3 Å². The van der Waals surface area contributed by atoms with Crippen LogP contribution in [0.3, 0.4) is 0 Å². The van der Waals surface area contributed by atoms with Gasteiger partial charge in [0.05, 0.1) is 0 Å². The largest absolute Gasteiger partial charge is 0.319 e. The monoisotopic (exact) mass is 310 g/mol. The number of likely N-dealkylation sites (N-methyl/N-ethyl adjacent to an activating group) is 1. The lowest BCUT2D eigenvalue weighted by atomic mass is 10.1. The predicted octanol–water partition coefficient (Wildman–Crippen LogP) is 2.92. The van der Waals surface area contributed by atoms with Gasteiger partial charge in [-0.25, -0.2) is 0 Å². The molecule has 1 saturated carbocycles. The van der Waals surface area contributed by atoms with E-state index in [1.165, 1.54) is 29.4 Å². The van der Waals surface area contributed by atoms with Crippen molar-refractivity contribution in [2.75, 3.05) is 33.7 Å². The summed E-state index contributed by atoms with van der Waals surface area (Å²) in [6.07, 6.45) is 3.88. The highest BCUT2D eigenvalue weighted by molar-refractivity contribution is 9.10. The number of nitrogens with one attached hydrogen (secondary N) is 1. The lowest BCUT2D eigenvalue weighted by Crippen LogP contribution is -2.33. The lowest BCUT2D eigenvalue weighted by Gasteiger charge is -2.23. The minimum atomic E-state index is 0.567. The van der Waals surface area contributed by atoms with E-state index in [1.807, 2.05) is 0 Å². The molecule has 1 fully saturated rings. The Morgan fingerprint density at radius 1 is 1.33 bits per heavy atom. The number of rotatable bonds is 7. The number of halogens is 1. The third-order valence-corrected chi connectivity index (χ3v) is 4.61. The lowest BCUT2D eigenvalue weighted by molar-refractivity contribution is 0.262. The van der Waals surface area contributed by atoms with E-state index in [1.54, 1.807) is 0 Å². The Morgan fingerprint density at radius 3 is 2.67 bits per heavy atom. The Labute approximate surface area is 119 Å². The second kappa shape index (κ2) is 6.18. The molecule has 2 rings (SSSR count). The van der Waals surface area contributed by atoms with E-state index in [4.69, 9.17) is 0 Å². The molecule has 18 heavy (non-hydrogen) atoms. The summed E-state index contributed by atoms with van der Waals surface area (Å²) in [7, 11) is 4.30. The Hall–Kier alpha value is -0.380. The molecule has 0 radical (unpaired) electrons. The van der Waals surface area contributed by atoms with E-state index in [0.29, 0.717) is 5.41 Å². The van der Waals surface area contributed by atoms with Gasteiger partial charge >= 0.3 is 0 Å². The highest BCUT2D eigenvalue weighted by Crippen LogP contribution is 2.45. The smallest absolute Gasteiger partial charge is 0.0207 e. The molecule has 2 nitrogen and oxygen atoms in total. The van der Waals surface area contributed by atoms with Crippen molar-refractivity contribution < 1.29 is 0 Å². The third kappa shape index (κ3) is 3.81. The summed E-state index contributed by atoms with van der Waals surface area (Å²) in [6, 6.07) is 8.52. The van der Waals surface area contributed by atoms with Gasteiger partial charge in [-0.05, 0) is 50.4 Å². The van der Waals surface area contributed by atoms with E-state index >= 15 is 0 Å².